The minimum Gasteiger partial charge on any atom is -0.506 e. The fraction of sp³-hybridized carbons (Fsp3) is 0.250. The van der Waals surface area contributed by atoms with Crippen LogP contribution >= 0.6 is 35.6 Å². The first kappa shape index (κ1) is 13.8. The fourth-order valence-corrected chi connectivity index (χ4v) is 1.50. The standard InChI is InChI=1S/C8H10Cl2N2O.ClH/c9-4-1-5(7(12)3-11)8(13)6(10)2-4;/h1-2,7,13H,3,11-12H2;1H/t7-;/m0./s1. The summed E-state index contributed by atoms with van der Waals surface area (Å²) in [5, 5.41) is 10.1. The highest BCUT2D eigenvalue weighted by Crippen LogP contribution is 2.33. The molecule has 0 aliphatic carbocycles. The lowest BCUT2D eigenvalue weighted by Crippen LogP contribution is -2.20. The molecule has 1 aromatic carbocycles. The molecule has 0 aliphatic heterocycles. The van der Waals surface area contributed by atoms with E-state index in [1.807, 2.05) is 0 Å². The highest BCUT2D eigenvalue weighted by molar-refractivity contribution is 6.35. The third-order valence-corrected chi connectivity index (χ3v) is 2.22. The normalized spacial score (nSPS) is 12.0. The maximum atomic E-state index is 9.50. The largest absolute Gasteiger partial charge is 0.506 e. The zero-order valence-corrected chi connectivity index (χ0v) is 9.53. The lowest BCUT2D eigenvalue weighted by molar-refractivity contribution is 0.462. The Hall–Kier alpha value is -0.190. The summed E-state index contributed by atoms with van der Waals surface area (Å²) >= 11 is 11.4. The number of benzene rings is 1. The topological polar surface area (TPSA) is 72.3 Å². The molecule has 3 nitrogen and oxygen atoms in total. The van der Waals surface area contributed by atoms with Crippen LogP contribution in [0.3, 0.4) is 0 Å². The molecule has 0 heterocycles. The minimum atomic E-state index is -0.448. The van der Waals surface area contributed by atoms with Crippen molar-refractivity contribution in [2.45, 2.75) is 6.04 Å². The molecule has 14 heavy (non-hydrogen) atoms. The smallest absolute Gasteiger partial charge is 0.139 e. The van der Waals surface area contributed by atoms with Crippen molar-refractivity contribution in [3.05, 3.63) is 27.7 Å². The molecule has 0 saturated heterocycles. The second-order valence-electron chi connectivity index (χ2n) is 2.67. The molecular weight excluding hydrogens is 246 g/mol. The average molecular weight is 258 g/mol. The molecule has 0 spiro atoms. The Bertz CT molecular complexity index is 320. The summed E-state index contributed by atoms with van der Waals surface area (Å²) in [5.74, 6) is -0.0518. The number of nitrogens with two attached hydrogens (primary N) is 2. The van der Waals surface area contributed by atoms with E-state index >= 15 is 0 Å². The van der Waals surface area contributed by atoms with Gasteiger partial charge in [-0.25, -0.2) is 0 Å². The molecule has 80 valence electrons. The van der Waals surface area contributed by atoms with Crippen molar-refractivity contribution in [3.63, 3.8) is 0 Å². The summed E-state index contributed by atoms with van der Waals surface area (Å²) in [6.07, 6.45) is 0. The Morgan fingerprint density at radius 2 is 1.93 bits per heavy atom. The summed E-state index contributed by atoms with van der Waals surface area (Å²) in [7, 11) is 0. The minimum absolute atomic E-state index is 0. The predicted octanol–water partition coefficient (Wildman–Crippen LogP) is 2.08. The van der Waals surface area contributed by atoms with Gasteiger partial charge in [-0.1, -0.05) is 23.2 Å². The van der Waals surface area contributed by atoms with Gasteiger partial charge in [-0.2, -0.15) is 0 Å². The van der Waals surface area contributed by atoms with Crippen LogP contribution in [0.2, 0.25) is 10.0 Å². The van der Waals surface area contributed by atoms with E-state index < -0.39 is 6.04 Å². The zero-order chi connectivity index (χ0) is 10.0. The van der Waals surface area contributed by atoms with Crippen molar-refractivity contribution >= 4 is 35.6 Å². The molecule has 6 heteroatoms. The van der Waals surface area contributed by atoms with Gasteiger partial charge < -0.3 is 16.6 Å². The van der Waals surface area contributed by atoms with Gasteiger partial charge in [0.15, 0.2) is 0 Å². The van der Waals surface area contributed by atoms with E-state index in [1.54, 1.807) is 6.07 Å². The molecule has 0 aliphatic rings. The molecule has 0 bridgehead atoms. The summed E-state index contributed by atoms with van der Waals surface area (Å²) in [4.78, 5) is 0. The van der Waals surface area contributed by atoms with E-state index in [0.29, 0.717) is 10.6 Å². The van der Waals surface area contributed by atoms with Crippen molar-refractivity contribution in [2.75, 3.05) is 6.54 Å². The monoisotopic (exact) mass is 256 g/mol. The second-order valence-corrected chi connectivity index (χ2v) is 3.51. The maximum absolute atomic E-state index is 9.50. The quantitative estimate of drug-likeness (QED) is 0.759. The Balaban J connectivity index is 0.00000169. The van der Waals surface area contributed by atoms with Gasteiger partial charge in [0.1, 0.15) is 5.75 Å². The number of hydrogen-bond acceptors (Lipinski definition) is 3. The number of rotatable bonds is 2. The van der Waals surface area contributed by atoms with Crippen LogP contribution in [-0.4, -0.2) is 11.7 Å². The first-order valence-corrected chi connectivity index (χ1v) is 4.45. The predicted molar refractivity (Wildman–Crippen MR) is 61.4 cm³/mol. The molecule has 0 saturated carbocycles. The molecule has 1 rings (SSSR count). The SMILES string of the molecule is Cl.NC[C@H](N)c1cc(Cl)cc(Cl)c1O. The third kappa shape index (κ3) is 2.90. The first-order valence-electron chi connectivity index (χ1n) is 3.69. The van der Waals surface area contributed by atoms with E-state index in [0.717, 1.165) is 0 Å². The van der Waals surface area contributed by atoms with Crippen LogP contribution in [0.1, 0.15) is 11.6 Å². The zero-order valence-electron chi connectivity index (χ0n) is 7.21. The van der Waals surface area contributed by atoms with Gasteiger partial charge in [0.25, 0.3) is 0 Å². The summed E-state index contributed by atoms with van der Waals surface area (Å²) in [5.41, 5.74) is 11.5. The summed E-state index contributed by atoms with van der Waals surface area (Å²) in [6.45, 7) is 0.226. The fourth-order valence-electron chi connectivity index (χ4n) is 0.996. The highest BCUT2D eigenvalue weighted by atomic mass is 35.5. The van der Waals surface area contributed by atoms with Crippen LogP contribution in [0.5, 0.6) is 5.75 Å². The van der Waals surface area contributed by atoms with Crippen LogP contribution in [0.15, 0.2) is 12.1 Å². The molecule has 0 fully saturated rings. The van der Waals surface area contributed by atoms with Gasteiger partial charge in [-0.05, 0) is 12.1 Å². The molecule has 0 aromatic heterocycles. The van der Waals surface area contributed by atoms with Gasteiger partial charge in [0.2, 0.25) is 0 Å². The van der Waals surface area contributed by atoms with Crippen LogP contribution in [0.25, 0.3) is 0 Å². The first-order chi connectivity index (χ1) is 6.06. The molecule has 1 aromatic rings. The number of phenols is 1. The molecule has 0 amide bonds. The molecular formula is C8H11Cl3N2O. The Kier molecular flexibility index (Phi) is 5.56. The van der Waals surface area contributed by atoms with Crippen molar-refractivity contribution in [3.8, 4) is 5.75 Å². The molecule has 1 atom stereocenters. The van der Waals surface area contributed by atoms with Crippen molar-refractivity contribution in [1.82, 2.24) is 0 Å². The lowest BCUT2D eigenvalue weighted by atomic mass is 10.1. The number of hydrogen-bond donors (Lipinski definition) is 3. The van der Waals surface area contributed by atoms with Crippen molar-refractivity contribution < 1.29 is 5.11 Å². The van der Waals surface area contributed by atoms with E-state index in [4.69, 9.17) is 34.7 Å². The average Bonchev–Trinajstić information content (AvgIpc) is 2.10. The van der Waals surface area contributed by atoms with Gasteiger partial charge in [-0.3, -0.25) is 0 Å². The molecule has 0 unspecified atom stereocenters. The molecule has 5 N–H and O–H groups in total. The van der Waals surface area contributed by atoms with E-state index in [2.05, 4.69) is 0 Å². The van der Waals surface area contributed by atoms with Gasteiger partial charge >= 0.3 is 0 Å². The van der Waals surface area contributed by atoms with Gasteiger partial charge in [0, 0.05) is 23.2 Å². The Labute approximate surface area is 98.4 Å². The van der Waals surface area contributed by atoms with Crippen molar-refractivity contribution in [1.29, 1.82) is 0 Å². The Morgan fingerprint density at radius 3 is 2.43 bits per heavy atom. The van der Waals surface area contributed by atoms with E-state index in [9.17, 15) is 5.11 Å². The number of halogens is 3. The lowest BCUT2D eigenvalue weighted by Gasteiger charge is -2.12. The maximum Gasteiger partial charge on any atom is 0.139 e. The van der Waals surface area contributed by atoms with Crippen LogP contribution < -0.4 is 11.5 Å². The summed E-state index contributed by atoms with van der Waals surface area (Å²) < 4.78 is 0. The van der Waals surface area contributed by atoms with Gasteiger partial charge in [0.05, 0.1) is 5.02 Å². The Morgan fingerprint density at radius 1 is 1.36 bits per heavy atom. The van der Waals surface area contributed by atoms with Crippen LogP contribution in [0, 0.1) is 0 Å². The van der Waals surface area contributed by atoms with Gasteiger partial charge in [-0.15, -0.1) is 12.4 Å². The molecule has 0 radical (unpaired) electrons. The third-order valence-electron chi connectivity index (χ3n) is 1.71. The van der Waals surface area contributed by atoms with E-state index in [-0.39, 0.29) is 29.7 Å². The van der Waals surface area contributed by atoms with Crippen LogP contribution in [0.4, 0.5) is 0 Å². The number of aromatic hydroxyl groups is 1. The van der Waals surface area contributed by atoms with Crippen LogP contribution in [-0.2, 0) is 0 Å². The summed E-state index contributed by atoms with van der Waals surface area (Å²) in [6, 6.07) is 2.56. The highest BCUT2D eigenvalue weighted by Gasteiger charge is 2.13. The van der Waals surface area contributed by atoms with Crippen molar-refractivity contribution in [2.24, 2.45) is 11.5 Å². The number of phenolic OH excluding ortho intramolecular Hbond substituents is 1. The van der Waals surface area contributed by atoms with E-state index in [1.165, 1.54) is 6.07 Å². The second kappa shape index (κ2) is 5.63.